The molecule has 0 aromatic heterocycles. The van der Waals surface area contributed by atoms with Gasteiger partial charge in [-0.2, -0.15) is 13.2 Å². The molecule has 5 nitrogen and oxygen atoms in total. The predicted molar refractivity (Wildman–Crippen MR) is 65.2 cm³/mol. The van der Waals surface area contributed by atoms with Crippen LogP contribution in [0, 0.1) is 11.6 Å². The van der Waals surface area contributed by atoms with Crippen LogP contribution in [0.1, 0.15) is 6.42 Å². The summed E-state index contributed by atoms with van der Waals surface area (Å²) in [4.78, 5) is 10.5. The molecular weight excluding hydrogens is 335 g/mol. The van der Waals surface area contributed by atoms with E-state index in [4.69, 9.17) is 0 Å². The molecule has 1 aromatic rings. The third-order valence-corrected chi connectivity index (χ3v) is 3.79. The summed E-state index contributed by atoms with van der Waals surface area (Å²) in [6, 6.07) is 1.87. The smallest absolute Gasteiger partial charge is 0.347 e. The van der Waals surface area contributed by atoms with E-state index in [-0.39, 0.29) is 0 Å². The molecular formula is C11H11F5N2O3S. The molecule has 0 radical (unpaired) electrons. The van der Waals surface area contributed by atoms with Crippen LogP contribution in [-0.4, -0.2) is 33.6 Å². The van der Waals surface area contributed by atoms with Gasteiger partial charge >= 0.3 is 6.18 Å². The Kier molecular flexibility index (Phi) is 5.83. The average molecular weight is 346 g/mol. The number of carbonyl (C=O) groups excluding carboxylic acids is 1. The number of amides is 1. The van der Waals surface area contributed by atoms with Crippen LogP contribution in [0.5, 0.6) is 0 Å². The zero-order valence-corrected chi connectivity index (χ0v) is 11.7. The highest BCUT2D eigenvalue weighted by Crippen LogP contribution is 2.14. The first-order chi connectivity index (χ1) is 10.0. The normalized spacial score (nSPS) is 12.2. The summed E-state index contributed by atoms with van der Waals surface area (Å²) in [5, 5.41) is 1.56. The van der Waals surface area contributed by atoms with Gasteiger partial charge in [0.1, 0.15) is 6.54 Å². The third-order valence-electron chi connectivity index (χ3n) is 2.33. The maximum absolute atomic E-state index is 12.9. The average Bonchev–Trinajstić information content (AvgIpc) is 2.38. The van der Waals surface area contributed by atoms with Crippen molar-refractivity contribution in [3.8, 4) is 0 Å². The Hall–Kier alpha value is -1.75. The fourth-order valence-electron chi connectivity index (χ4n) is 1.31. The second-order valence-electron chi connectivity index (χ2n) is 4.12. The van der Waals surface area contributed by atoms with Crippen molar-refractivity contribution in [1.29, 1.82) is 0 Å². The molecule has 0 aliphatic carbocycles. The quantitative estimate of drug-likeness (QED) is 0.763. The molecule has 0 atom stereocenters. The largest absolute Gasteiger partial charge is 0.405 e. The molecule has 124 valence electrons. The van der Waals surface area contributed by atoms with Gasteiger partial charge in [-0.25, -0.2) is 21.9 Å². The molecule has 0 heterocycles. The Labute approximate surface area is 122 Å². The van der Waals surface area contributed by atoms with Crippen molar-refractivity contribution in [2.45, 2.75) is 17.5 Å². The fourth-order valence-corrected chi connectivity index (χ4v) is 2.36. The first kappa shape index (κ1) is 18.3. The first-order valence-electron chi connectivity index (χ1n) is 5.79. The van der Waals surface area contributed by atoms with Gasteiger partial charge in [0.25, 0.3) is 0 Å². The van der Waals surface area contributed by atoms with Crippen LogP contribution in [0.3, 0.4) is 0 Å². The van der Waals surface area contributed by atoms with E-state index in [1.807, 2.05) is 4.72 Å². The molecule has 0 fully saturated rings. The van der Waals surface area contributed by atoms with Crippen LogP contribution in [0.15, 0.2) is 23.1 Å². The third kappa shape index (κ3) is 5.93. The highest BCUT2D eigenvalue weighted by atomic mass is 32.2. The Morgan fingerprint density at radius 2 is 1.77 bits per heavy atom. The molecule has 1 amide bonds. The molecule has 1 aromatic carbocycles. The zero-order valence-electron chi connectivity index (χ0n) is 10.9. The van der Waals surface area contributed by atoms with Gasteiger partial charge < -0.3 is 5.32 Å². The van der Waals surface area contributed by atoms with E-state index in [1.54, 1.807) is 5.32 Å². The lowest BCUT2D eigenvalue weighted by Gasteiger charge is -2.09. The number of sulfonamides is 1. The number of carbonyl (C=O) groups is 1. The van der Waals surface area contributed by atoms with Crippen molar-refractivity contribution in [3.63, 3.8) is 0 Å². The number of nitrogens with one attached hydrogen (secondary N) is 2. The molecule has 0 aliphatic heterocycles. The molecule has 11 heteroatoms. The van der Waals surface area contributed by atoms with E-state index in [2.05, 4.69) is 0 Å². The minimum absolute atomic E-state index is 0.446. The number of hydrogen-bond donors (Lipinski definition) is 2. The zero-order chi connectivity index (χ0) is 17.0. The Morgan fingerprint density at radius 3 is 2.32 bits per heavy atom. The molecule has 0 aliphatic rings. The van der Waals surface area contributed by atoms with E-state index in [0.717, 1.165) is 6.07 Å². The van der Waals surface area contributed by atoms with Gasteiger partial charge in [0, 0.05) is 13.0 Å². The summed E-state index contributed by atoms with van der Waals surface area (Å²) in [7, 11) is -4.20. The monoisotopic (exact) mass is 346 g/mol. The second-order valence-corrected chi connectivity index (χ2v) is 5.88. The maximum Gasteiger partial charge on any atom is 0.405 e. The van der Waals surface area contributed by atoms with E-state index in [1.165, 1.54) is 0 Å². The molecule has 2 N–H and O–H groups in total. The highest BCUT2D eigenvalue weighted by molar-refractivity contribution is 7.89. The topological polar surface area (TPSA) is 75.3 Å². The first-order valence-corrected chi connectivity index (χ1v) is 7.28. The molecule has 1 rings (SSSR count). The summed E-state index contributed by atoms with van der Waals surface area (Å²) in [5.41, 5.74) is 0. The SMILES string of the molecule is O=C(CCNS(=O)(=O)c1ccc(F)c(F)c1)NCC(F)(F)F. The van der Waals surface area contributed by atoms with Crippen LogP contribution in [-0.2, 0) is 14.8 Å². The van der Waals surface area contributed by atoms with E-state index in [0.29, 0.717) is 12.1 Å². The summed E-state index contributed by atoms with van der Waals surface area (Å²) < 4.78 is 86.4. The van der Waals surface area contributed by atoms with Gasteiger partial charge in [-0.3, -0.25) is 4.79 Å². The Balaban J connectivity index is 2.53. The molecule has 0 bridgehead atoms. The van der Waals surface area contributed by atoms with Crippen LogP contribution in [0.25, 0.3) is 0 Å². The molecule has 0 unspecified atom stereocenters. The minimum Gasteiger partial charge on any atom is -0.347 e. The van der Waals surface area contributed by atoms with Gasteiger partial charge in [-0.1, -0.05) is 0 Å². The lowest BCUT2D eigenvalue weighted by molar-refractivity contribution is -0.138. The fraction of sp³-hybridized carbons (Fsp3) is 0.364. The van der Waals surface area contributed by atoms with Crippen molar-refractivity contribution < 1.29 is 35.2 Å². The van der Waals surface area contributed by atoms with E-state index in [9.17, 15) is 35.2 Å². The van der Waals surface area contributed by atoms with Gasteiger partial charge in [-0.05, 0) is 18.2 Å². The molecule has 0 saturated heterocycles. The van der Waals surface area contributed by atoms with Crippen LogP contribution >= 0.6 is 0 Å². The highest BCUT2D eigenvalue weighted by Gasteiger charge is 2.27. The number of alkyl halides is 3. The van der Waals surface area contributed by atoms with Crippen molar-refractivity contribution >= 4 is 15.9 Å². The Morgan fingerprint density at radius 1 is 1.14 bits per heavy atom. The number of halogens is 5. The summed E-state index contributed by atoms with van der Waals surface area (Å²) in [6.45, 7) is -2.02. The lowest BCUT2D eigenvalue weighted by Crippen LogP contribution is -2.36. The van der Waals surface area contributed by atoms with Gasteiger partial charge in [0.2, 0.25) is 15.9 Å². The van der Waals surface area contributed by atoms with Gasteiger partial charge in [-0.15, -0.1) is 0 Å². The second kappa shape index (κ2) is 7.01. The number of benzene rings is 1. The standard InChI is InChI=1S/C11H11F5N2O3S/c12-8-2-1-7(5-9(8)13)22(20,21)18-4-3-10(19)17-6-11(14,15)16/h1-2,5,18H,3-4,6H2,(H,17,19). The van der Waals surface area contributed by atoms with Crippen molar-refractivity contribution in [2.24, 2.45) is 0 Å². The van der Waals surface area contributed by atoms with Crippen LogP contribution in [0.2, 0.25) is 0 Å². The summed E-state index contributed by atoms with van der Waals surface area (Å²) in [6.07, 6.45) is -5.11. The lowest BCUT2D eigenvalue weighted by atomic mass is 10.3. The van der Waals surface area contributed by atoms with E-state index >= 15 is 0 Å². The minimum atomic E-state index is -4.57. The van der Waals surface area contributed by atoms with Gasteiger partial charge in [0.05, 0.1) is 4.90 Å². The van der Waals surface area contributed by atoms with Crippen molar-refractivity contribution in [3.05, 3.63) is 29.8 Å². The van der Waals surface area contributed by atoms with Crippen LogP contribution < -0.4 is 10.0 Å². The predicted octanol–water partition coefficient (Wildman–Crippen LogP) is 1.31. The van der Waals surface area contributed by atoms with Crippen LogP contribution in [0.4, 0.5) is 22.0 Å². The molecule has 22 heavy (non-hydrogen) atoms. The summed E-state index contributed by atoms with van der Waals surface area (Å²) in [5.74, 6) is -3.61. The van der Waals surface area contributed by atoms with Gasteiger partial charge in [0.15, 0.2) is 11.6 Å². The molecule has 0 spiro atoms. The summed E-state index contributed by atoms with van der Waals surface area (Å²) >= 11 is 0. The number of rotatable bonds is 6. The maximum atomic E-state index is 12.9. The Bertz CT molecular complexity index is 646. The van der Waals surface area contributed by atoms with E-state index < -0.39 is 58.1 Å². The number of hydrogen-bond acceptors (Lipinski definition) is 3. The van der Waals surface area contributed by atoms with Crippen molar-refractivity contribution in [2.75, 3.05) is 13.1 Å². The molecule has 0 saturated carbocycles. The van der Waals surface area contributed by atoms with Crippen molar-refractivity contribution in [1.82, 2.24) is 10.0 Å².